The molecule has 0 fully saturated rings. The predicted octanol–water partition coefficient (Wildman–Crippen LogP) is -12.9. The molecule has 0 atom stereocenters. The smallest absolute Gasteiger partial charge is 0.554 e. The standard InChI is InChI=1S/CH5AsO3.CH2O2.3Na/c1-2(3,4)5;2-1-3;;;/h1H3,(H2,3,4,5);1H,(H,2,3);;;/q;;3*+1/p-3. The average Bonchev–Trinajstić information content (AvgIpc) is 1.27. The van der Waals surface area contributed by atoms with E-state index in [1.54, 1.807) is 0 Å². The van der Waals surface area contributed by atoms with Crippen LogP contribution in [0.4, 0.5) is 0 Å². The largest absolute Gasteiger partial charge is 1.00 e. The van der Waals surface area contributed by atoms with Gasteiger partial charge in [0, 0.05) is 6.47 Å². The van der Waals surface area contributed by atoms with Gasteiger partial charge in [0.25, 0.3) is 0 Å². The minimum absolute atomic E-state index is 0. The van der Waals surface area contributed by atoms with Crippen LogP contribution in [0, 0.1) is 0 Å². The summed E-state index contributed by atoms with van der Waals surface area (Å²) in [5, 5.41) is 8.25. The Bertz CT molecular complexity index is 93.6. The van der Waals surface area contributed by atoms with E-state index in [9.17, 15) is 0 Å². The van der Waals surface area contributed by atoms with Crippen LogP contribution in [0.3, 0.4) is 0 Å². The van der Waals surface area contributed by atoms with Crippen molar-refractivity contribution in [2.24, 2.45) is 0 Å². The molecule has 11 heavy (non-hydrogen) atoms. The second-order valence-electron chi connectivity index (χ2n) is 0.868. The van der Waals surface area contributed by atoms with E-state index in [0.717, 1.165) is 0 Å². The molecule has 50 valence electrons. The van der Waals surface area contributed by atoms with Crippen LogP contribution in [0.1, 0.15) is 0 Å². The van der Waals surface area contributed by atoms with E-state index in [1.807, 2.05) is 0 Å². The topological polar surface area (TPSA) is 103 Å². The summed E-state index contributed by atoms with van der Waals surface area (Å²) in [6.07, 6.45) is 0. The Balaban J connectivity index is -0.0000000183. The summed E-state index contributed by atoms with van der Waals surface area (Å²) in [4.78, 5) is 8.25. The number of carboxylic acid groups (broad SMARTS) is 1. The average molecular weight is 252 g/mol. The molecule has 0 spiro atoms. The van der Waals surface area contributed by atoms with Crippen LogP contribution in [0.5, 0.6) is 0 Å². The molecule has 0 unspecified atom stereocenters. The third kappa shape index (κ3) is 195. The molecule has 0 aromatic heterocycles. The van der Waals surface area contributed by atoms with Crippen molar-refractivity contribution in [1.29, 1.82) is 0 Å². The van der Waals surface area contributed by atoms with E-state index in [4.69, 9.17) is 21.8 Å². The zero-order valence-corrected chi connectivity index (χ0v) is 14.9. The Hall–Kier alpha value is 2.75. The van der Waals surface area contributed by atoms with Crippen molar-refractivity contribution >= 4 is 20.6 Å². The van der Waals surface area contributed by atoms with Crippen LogP contribution < -0.4 is 102 Å². The fourth-order valence-electron chi connectivity index (χ4n) is 0. The zero-order chi connectivity index (χ0) is 7.21. The van der Waals surface area contributed by atoms with Crippen molar-refractivity contribution in [3.63, 3.8) is 0 Å². The Morgan fingerprint density at radius 2 is 1.18 bits per heavy atom. The van der Waals surface area contributed by atoms with E-state index in [-0.39, 0.29) is 88.7 Å². The molecule has 0 saturated heterocycles. The fraction of sp³-hybridized carbons (Fsp3) is 0.500. The second kappa shape index (κ2) is 18.5. The van der Waals surface area contributed by atoms with Crippen molar-refractivity contribution in [3.8, 4) is 0 Å². The van der Waals surface area contributed by atoms with Gasteiger partial charge < -0.3 is 9.90 Å². The minimum atomic E-state index is -4.62. The first-order chi connectivity index (χ1) is 3.41. The van der Waals surface area contributed by atoms with Crippen molar-refractivity contribution in [3.05, 3.63) is 0 Å². The Labute approximate surface area is 134 Å². The quantitative estimate of drug-likeness (QED) is 0.314. The zero-order valence-electron chi connectivity index (χ0n) is 7.07. The van der Waals surface area contributed by atoms with Crippen molar-refractivity contribution in [2.45, 2.75) is 5.71 Å². The number of carbonyl (C=O) groups is 1. The first-order valence-electron chi connectivity index (χ1n) is 1.47. The summed E-state index contributed by atoms with van der Waals surface area (Å²) < 4.78 is 27.5. The number of hydrogen-bond donors (Lipinski definition) is 0. The minimum Gasteiger partial charge on any atom is -0.554 e. The van der Waals surface area contributed by atoms with Gasteiger partial charge in [-0.2, -0.15) is 0 Å². The third-order valence-electron chi connectivity index (χ3n) is 0. The normalized spacial score (nSPS) is 6.45. The predicted molar refractivity (Wildman–Crippen MR) is 18.4 cm³/mol. The molecule has 0 saturated carbocycles. The molecule has 0 rings (SSSR count). The van der Waals surface area contributed by atoms with Gasteiger partial charge in [-0.1, -0.05) is 0 Å². The van der Waals surface area contributed by atoms with Gasteiger partial charge >= 0.3 is 120 Å². The molecule has 0 heterocycles. The molecule has 0 bridgehead atoms. The third-order valence-corrected chi connectivity index (χ3v) is 0. The summed E-state index contributed by atoms with van der Waals surface area (Å²) in [7, 11) is 0. The summed E-state index contributed by atoms with van der Waals surface area (Å²) in [5.41, 5.74) is 0.693. The molecule has 0 aliphatic carbocycles. The molecule has 0 amide bonds. The Morgan fingerprint density at radius 3 is 1.18 bits per heavy atom. The molecule has 0 aromatic rings. The van der Waals surface area contributed by atoms with Crippen molar-refractivity contribution in [1.82, 2.24) is 0 Å². The number of rotatable bonds is 0. The van der Waals surface area contributed by atoms with Gasteiger partial charge in [0.05, 0.1) is 0 Å². The molecule has 0 N–H and O–H groups in total. The van der Waals surface area contributed by atoms with Gasteiger partial charge in [-0.3, -0.25) is 0 Å². The van der Waals surface area contributed by atoms with E-state index in [2.05, 4.69) is 0 Å². The molecule has 0 radical (unpaired) electrons. The van der Waals surface area contributed by atoms with Crippen molar-refractivity contribution in [2.75, 3.05) is 0 Å². The van der Waals surface area contributed by atoms with E-state index < -0.39 is 20.6 Å². The van der Waals surface area contributed by atoms with Gasteiger partial charge in [-0.25, -0.2) is 0 Å². The van der Waals surface area contributed by atoms with Crippen LogP contribution in [-0.2, 0) is 8.53 Å². The van der Waals surface area contributed by atoms with Crippen LogP contribution in [0.15, 0.2) is 0 Å². The van der Waals surface area contributed by atoms with Gasteiger partial charge in [0.2, 0.25) is 0 Å². The van der Waals surface area contributed by atoms with E-state index >= 15 is 0 Å². The summed E-state index contributed by atoms with van der Waals surface area (Å²) in [6.45, 7) is -0.500. The van der Waals surface area contributed by atoms with Crippen LogP contribution in [0.25, 0.3) is 0 Å². The second-order valence-corrected chi connectivity index (χ2v) is 4.10. The van der Waals surface area contributed by atoms with Crippen molar-refractivity contribution < 1.29 is 111 Å². The first kappa shape index (κ1) is 29.2. The maximum Gasteiger partial charge on any atom is 1.00 e. The Morgan fingerprint density at radius 1 is 1.18 bits per heavy atom. The fourth-order valence-corrected chi connectivity index (χ4v) is 0. The Kier molecular flexibility index (Phi) is 49.1. The van der Waals surface area contributed by atoms with E-state index in [0.29, 0.717) is 5.71 Å². The molecule has 0 aliphatic rings. The van der Waals surface area contributed by atoms with Crippen LogP contribution in [0.2, 0.25) is 5.71 Å². The van der Waals surface area contributed by atoms with Gasteiger partial charge in [-0.05, 0) is 0 Å². The van der Waals surface area contributed by atoms with E-state index in [1.165, 1.54) is 0 Å². The molecule has 5 nitrogen and oxygen atoms in total. The van der Waals surface area contributed by atoms with Gasteiger partial charge in [0.15, 0.2) is 0 Å². The molecule has 0 aromatic carbocycles. The maximum absolute atomic E-state index is 9.16. The molecular formula is C2H4AsNa3O5. The molecule has 0 aliphatic heterocycles. The molecular weight excluding hydrogens is 248 g/mol. The number of hydrogen-bond acceptors (Lipinski definition) is 5. The first-order valence-corrected chi connectivity index (χ1v) is 5.64. The SMILES string of the molecule is C[As](=O)([O-])[O-].O=C[O-].[Na+].[Na+].[Na+]. The summed E-state index contributed by atoms with van der Waals surface area (Å²) in [5.74, 6) is 0. The summed E-state index contributed by atoms with van der Waals surface area (Å²) in [6, 6.07) is 0. The summed E-state index contributed by atoms with van der Waals surface area (Å²) >= 11 is -4.62. The van der Waals surface area contributed by atoms with Gasteiger partial charge in [0.1, 0.15) is 0 Å². The number of carbonyl (C=O) groups excluding carboxylic acids is 1. The monoisotopic (exact) mass is 252 g/mol. The molecule has 9 heteroatoms. The van der Waals surface area contributed by atoms with Gasteiger partial charge in [-0.15, -0.1) is 0 Å². The van der Waals surface area contributed by atoms with Crippen LogP contribution in [-0.4, -0.2) is 20.6 Å². The van der Waals surface area contributed by atoms with Crippen LogP contribution >= 0.6 is 0 Å². The maximum atomic E-state index is 9.16.